The molecule has 66 heavy (non-hydrogen) atoms. The number of hydrogen-bond donors (Lipinski definition) is 3. The highest BCUT2D eigenvalue weighted by atomic mass is 35.5. The Morgan fingerprint density at radius 2 is 1.62 bits per heavy atom. The molecule has 1 unspecified atom stereocenters. The zero-order chi connectivity index (χ0) is 51.4. The van der Waals surface area contributed by atoms with Crippen LogP contribution in [0, 0.1) is 12.3 Å². The molecule has 0 aliphatic heterocycles. The fraction of sp³-hybridized carbons (Fsp3) is 0.465. The van der Waals surface area contributed by atoms with E-state index in [0.29, 0.717) is 41.3 Å². The molecular formula is C43H61Cl5N5O11PS. The number of halogens is 5. The monoisotopic (exact) mass is 1060 g/mol. The first kappa shape index (κ1) is 64.6. The van der Waals surface area contributed by atoms with Crippen LogP contribution in [0.4, 0.5) is 5.69 Å². The summed E-state index contributed by atoms with van der Waals surface area (Å²) in [5, 5.41) is 14.7. The van der Waals surface area contributed by atoms with Gasteiger partial charge in [0.15, 0.2) is 4.84 Å². The van der Waals surface area contributed by atoms with Gasteiger partial charge in [-0.15, -0.1) is 36.3 Å². The van der Waals surface area contributed by atoms with E-state index in [0.717, 1.165) is 34.3 Å². The van der Waals surface area contributed by atoms with Crippen molar-refractivity contribution in [3.63, 3.8) is 0 Å². The van der Waals surface area contributed by atoms with Gasteiger partial charge in [0.05, 0.1) is 53.0 Å². The van der Waals surface area contributed by atoms with Gasteiger partial charge < -0.3 is 38.2 Å². The van der Waals surface area contributed by atoms with Crippen molar-refractivity contribution in [3.05, 3.63) is 93.3 Å². The van der Waals surface area contributed by atoms with Crippen LogP contribution >= 0.6 is 65.6 Å². The van der Waals surface area contributed by atoms with Crippen molar-refractivity contribution in [2.24, 2.45) is 0 Å². The summed E-state index contributed by atoms with van der Waals surface area (Å²) in [7, 11) is -2.13. The molecule has 3 N–H and O–H groups in total. The summed E-state index contributed by atoms with van der Waals surface area (Å²) < 4.78 is 26.6. The molecule has 0 spiro atoms. The Labute approximate surface area is 416 Å². The van der Waals surface area contributed by atoms with Crippen LogP contribution in [0.15, 0.2) is 64.9 Å². The van der Waals surface area contributed by atoms with Crippen LogP contribution in [0.25, 0.3) is 5.69 Å². The number of aliphatic carboxylic acids is 1. The molecule has 370 valence electrons. The van der Waals surface area contributed by atoms with E-state index in [-0.39, 0.29) is 41.1 Å². The number of para-hydroxylation sites is 1. The van der Waals surface area contributed by atoms with Gasteiger partial charge in [-0.25, -0.2) is 4.79 Å². The third-order valence-electron chi connectivity index (χ3n) is 7.42. The van der Waals surface area contributed by atoms with Crippen molar-refractivity contribution in [3.8, 4) is 23.8 Å². The number of ether oxygens (including phenoxy) is 2. The molecule has 0 aliphatic carbocycles. The molecule has 2 aromatic carbocycles. The number of aromatic nitrogens is 2. The van der Waals surface area contributed by atoms with Gasteiger partial charge in [-0.3, -0.25) is 24.6 Å². The molecular weight excluding hydrogens is 1000 g/mol. The smallest absolute Gasteiger partial charge is 0.442 e. The minimum absolute atomic E-state index is 0.0371. The highest BCUT2D eigenvalue weighted by Crippen LogP contribution is 2.33. The Kier molecular flexibility index (Phi) is 33.2. The van der Waals surface area contributed by atoms with E-state index < -0.39 is 42.4 Å². The van der Waals surface area contributed by atoms with Gasteiger partial charge in [-0.2, -0.15) is 4.68 Å². The first-order valence-corrected chi connectivity index (χ1v) is 25.9. The molecule has 2 amide bonds. The lowest BCUT2D eigenvalue weighted by atomic mass is 9.97. The van der Waals surface area contributed by atoms with Crippen LogP contribution < -0.4 is 25.6 Å². The Hall–Kier alpha value is -3.50. The van der Waals surface area contributed by atoms with E-state index in [1.54, 1.807) is 24.2 Å². The zero-order valence-electron chi connectivity index (χ0n) is 38.6. The number of carbonyl (C=O) groups excluding carboxylic acids is 2. The minimum atomic E-state index is -4.35. The van der Waals surface area contributed by atoms with Crippen molar-refractivity contribution in [2.75, 3.05) is 75.9 Å². The van der Waals surface area contributed by atoms with E-state index >= 15 is 0 Å². The van der Waals surface area contributed by atoms with E-state index in [2.05, 4.69) is 56.8 Å². The molecule has 1 atom stereocenters. The SMILES string of the molecule is C#CCOc1cc(-n2nc(C(C)(C)C)oc2=O)c(Cl)cc1Cl.C=CCN(CC=C)C(=O)C(Cl)Cl.CCc1cccc(CC)c1N(COC)C(=O)CCl.C[S+](C)C.O=C(O)CNCP(=O)([O-])O. The fourth-order valence-corrected chi connectivity index (χ4v) is 6.01. The molecule has 0 saturated carbocycles. The number of nitrogens with one attached hydrogen (secondary N) is 1. The van der Waals surface area contributed by atoms with Gasteiger partial charge in [0.25, 0.3) is 5.91 Å². The standard InChI is InChI=1S/C15H14Cl2N2O3.C14H20ClNO2.C8H11Cl2NO.C3H8NO5P.C3H9S/c1-5-6-21-12-8-11(9(16)7-10(12)17)19-14(20)22-13(18-19)15(2,3)4;1-4-11-7-6-8-12(5-2)14(11)16(10-18-3)13(17)9-15;1-3-5-11(6-4-2)8(12)7(9)10;5-3(6)1-4-2-10(7,8)9;1-4(2)3/h1,7-8H,6H2,2-4H3;6-8H,4-5,9-10H2,1-3H3;3-4,7H,1-2,5-6H2;4H,1-2H2,(H,5,6)(H2,7,8,9);1-3H3/q;;;;+1/p-1. The lowest BCUT2D eigenvalue weighted by Gasteiger charge is -2.26. The highest BCUT2D eigenvalue weighted by molar-refractivity contribution is 7.94. The van der Waals surface area contributed by atoms with Crippen molar-refractivity contribution < 1.29 is 47.7 Å². The third-order valence-corrected chi connectivity index (χ3v) is 9.25. The first-order valence-electron chi connectivity index (χ1n) is 19.6. The van der Waals surface area contributed by atoms with Crippen molar-refractivity contribution in [1.82, 2.24) is 20.0 Å². The Morgan fingerprint density at radius 1 is 1.09 bits per heavy atom. The average Bonchev–Trinajstić information content (AvgIpc) is 3.63. The van der Waals surface area contributed by atoms with Crippen LogP contribution in [-0.4, -0.2) is 118 Å². The molecule has 0 radical (unpaired) electrons. The number of methoxy groups -OCH3 is 1. The molecule has 23 heteroatoms. The number of amides is 2. The molecule has 0 fully saturated rings. The van der Waals surface area contributed by atoms with E-state index in [1.165, 1.54) is 17.0 Å². The van der Waals surface area contributed by atoms with Gasteiger partial charge in [0, 0.05) is 31.7 Å². The van der Waals surface area contributed by atoms with E-state index in [1.807, 2.05) is 44.3 Å². The van der Waals surface area contributed by atoms with Gasteiger partial charge in [-0.1, -0.05) is 117 Å². The number of rotatable bonds is 18. The van der Waals surface area contributed by atoms with E-state index in [4.69, 9.17) is 88.3 Å². The second-order valence-electron chi connectivity index (χ2n) is 14.5. The topological polar surface area (TPSA) is 217 Å². The Morgan fingerprint density at radius 3 is 2.00 bits per heavy atom. The summed E-state index contributed by atoms with van der Waals surface area (Å²) >= 11 is 28.7. The zero-order valence-corrected chi connectivity index (χ0v) is 44.1. The molecule has 16 nitrogen and oxygen atoms in total. The number of terminal acetylenes is 1. The second-order valence-corrected chi connectivity index (χ2v) is 20.7. The normalized spacial score (nSPS) is 11.3. The third kappa shape index (κ3) is 26.2. The lowest BCUT2D eigenvalue weighted by Crippen LogP contribution is -2.35. The van der Waals surface area contributed by atoms with Gasteiger partial charge in [0.2, 0.25) is 11.8 Å². The number of carbonyl (C=O) groups is 3. The predicted molar refractivity (Wildman–Crippen MR) is 268 cm³/mol. The predicted octanol–water partition coefficient (Wildman–Crippen LogP) is 7.08. The largest absolute Gasteiger partial charge is 0.778 e. The van der Waals surface area contributed by atoms with Gasteiger partial charge in [-0.05, 0) is 40.9 Å². The summed E-state index contributed by atoms with van der Waals surface area (Å²) in [6.45, 7) is 17.5. The average molecular weight is 1060 g/mol. The molecule has 3 rings (SSSR count). The van der Waals surface area contributed by atoms with E-state index in [9.17, 15) is 28.6 Å². The minimum Gasteiger partial charge on any atom is -0.778 e. The number of nitrogens with zero attached hydrogens (tertiary/aromatic N) is 4. The van der Waals surface area contributed by atoms with Crippen LogP contribution in [0.1, 0.15) is 51.6 Å². The van der Waals surface area contributed by atoms with Crippen LogP contribution in [-0.2, 0) is 52.8 Å². The number of carboxylic acids is 1. The van der Waals surface area contributed by atoms with Crippen molar-refractivity contribution >= 4 is 100.0 Å². The Balaban J connectivity index is 0. The summed E-state index contributed by atoms with van der Waals surface area (Å²) in [5.74, 6) is 0.645. The molecule has 0 bridgehead atoms. The van der Waals surface area contributed by atoms with Crippen LogP contribution in [0.2, 0.25) is 10.0 Å². The Bertz CT molecular complexity index is 2100. The molecule has 0 aliphatic rings. The summed E-state index contributed by atoms with van der Waals surface area (Å²) in [5.41, 5.74) is 3.14. The van der Waals surface area contributed by atoms with Gasteiger partial charge in [0.1, 0.15) is 32.6 Å². The molecule has 1 heterocycles. The number of carboxylic acid groups (broad SMARTS) is 1. The molecule has 3 aromatic rings. The molecule has 0 saturated heterocycles. The highest BCUT2D eigenvalue weighted by Gasteiger charge is 2.25. The maximum atomic E-state index is 12.0. The van der Waals surface area contributed by atoms with Crippen molar-refractivity contribution in [1.29, 1.82) is 0 Å². The number of aryl methyl sites for hydroxylation is 2. The summed E-state index contributed by atoms with van der Waals surface area (Å²) in [4.78, 5) is 65.0. The second kappa shape index (κ2) is 33.9. The summed E-state index contributed by atoms with van der Waals surface area (Å²) in [6, 6.07) is 9.06. The quantitative estimate of drug-likeness (QED) is 0.0290. The lowest BCUT2D eigenvalue weighted by molar-refractivity contribution is -0.193. The summed E-state index contributed by atoms with van der Waals surface area (Å²) in [6.07, 6.45) is 16.0. The maximum Gasteiger partial charge on any atom is 0.442 e. The fourth-order valence-electron chi connectivity index (χ4n) is 4.68. The number of hydrogen-bond acceptors (Lipinski definition) is 11. The van der Waals surface area contributed by atoms with Crippen molar-refractivity contribution in [2.45, 2.75) is 57.7 Å². The number of anilines is 1. The maximum absolute atomic E-state index is 12.0. The number of alkyl halides is 3. The molecule has 1 aromatic heterocycles. The van der Waals surface area contributed by atoms with Gasteiger partial charge >= 0.3 is 11.7 Å². The van der Waals surface area contributed by atoms with Crippen LogP contribution in [0.5, 0.6) is 5.75 Å². The van der Waals surface area contributed by atoms with Crippen LogP contribution in [0.3, 0.4) is 0 Å². The first-order chi connectivity index (χ1) is 30.7. The number of benzene rings is 2.